The number of hydrogen-bond donors (Lipinski definition) is 0. The van der Waals surface area contributed by atoms with E-state index in [4.69, 9.17) is 18.9 Å². The molecular formula is C39H25F3N6O4. The maximum Gasteiger partial charge on any atom is 0.416 e. The number of aryl methyl sites for hydroxylation is 1. The Labute approximate surface area is 293 Å². The first-order valence-electron chi connectivity index (χ1n) is 15.8. The smallest absolute Gasteiger partial charge is 0.416 e. The fourth-order valence-corrected chi connectivity index (χ4v) is 5.59. The van der Waals surface area contributed by atoms with Crippen molar-refractivity contribution in [2.75, 3.05) is 0 Å². The second kappa shape index (κ2) is 13.4. The molecule has 8 aromatic rings. The molecule has 0 saturated heterocycles. The van der Waals surface area contributed by atoms with Crippen molar-refractivity contribution in [3.8, 4) is 52.2 Å². The highest BCUT2D eigenvalue weighted by atomic mass is 19.4. The van der Waals surface area contributed by atoms with Crippen molar-refractivity contribution in [2.24, 2.45) is 0 Å². The molecule has 52 heavy (non-hydrogen) atoms. The summed E-state index contributed by atoms with van der Waals surface area (Å²) in [6.45, 7) is 1.97. The van der Waals surface area contributed by atoms with Gasteiger partial charge in [0.25, 0.3) is 0 Å². The zero-order valence-electron chi connectivity index (χ0n) is 27.2. The molecule has 13 heteroatoms. The second-order valence-electron chi connectivity index (χ2n) is 11.5. The first-order valence-corrected chi connectivity index (χ1v) is 15.8. The molecule has 4 aromatic heterocycles. The van der Waals surface area contributed by atoms with E-state index in [2.05, 4.69) is 24.9 Å². The predicted octanol–water partition coefficient (Wildman–Crippen LogP) is 10.3. The van der Waals surface area contributed by atoms with Crippen LogP contribution >= 0.6 is 0 Å². The van der Waals surface area contributed by atoms with Crippen LogP contribution in [0.2, 0.25) is 0 Å². The molecule has 0 spiro atoms. The molecule has 8 rings (SSSR count). The summed E-state index contributed by atoms with van der Waals surface area (Å²) < 4.78 is 65.5. The summed E-state index contributed by atoms with van der Waals surface area (Å²) in [4.78, 5) is 21.0. The van der Waals surface area contributed by atoms with Crippen molar-refractivity contribution in [2.45, 2.75) is 13.1 Å². The molecule has 0 atom stereocenters. The molecule has 0 amide bonds. The van der Waals surface area contributed by atoms with Gasteiger partial charge in [0.15, 0.2) is 0 Å². The molecule has 0 N–H and O–H groups in total. The number of nitrogens with zero attached hydrogens (tertiary/aromatic N) is 6. The van der Waals surface area contributed by atoms with E-state index in [1.807, 2.05) is 78.2 Å². The molecule has 0 aliphatic heterocycles. The van der Waals surface area contributed by atoms with Crippen LogP contribution in [0.15, 0.2) is 134 Å². The van der Waals surface area contributed by atoms with Crippen LogP contribution in [0.5, 0.6) is 46.3 Å². The number of fused-ring (bicyclic) bond motifs is 3. The first kappa shape index (κ1) is 32.2. The lowest BCUT2D eigenvalue weighted by Crippen LogP contribution is -2.05. The molecule has 10 nitrogen and oxygen atoms in total. The minimum absolute atomic E-state index is 0.195. The summed E-state index contributed by atoms with van der Waals surface area (Å²) in [5.41, 5.74) is 1.70. The third-order valence-corrected chi connectivity index (χ3v) is 7.87. The van der Waals surface area contributed by atoms with Gasteiger partial charge in [-0.3, -0.25) is 4.57 Å². The Morgan fingerprint density at radius 1 is 0.519 bits per heavy atom. The Hall–Kier alpha value is -7.02. The first-order chi connectivity index (χ1) is 25.2. The SMILES string of the molecule is Cc1ccnc(Oc2cccc(Oc3ccc4c5ccc(Oc6cccc(Oc7cc(C(F)(F)F)ccn7)c6)cc5n(-c5ncncn5)c4c3)c2)c1. The summed E-state index contributed by atoms with van der Waals surface area (Å²) in [5, 5.41) is 1.82. The number of alkyl halides is 3. The lowest BCUT2D eigenvalue weighted by molar-refractivity contribution is -0.137. The lowest BCUT2D eigenvalue weighted by Gasteiger charge is -2.11. The molecule has 4 aromatic carbocycles. The van der Waals surface area contributed by atoms with Crippen LogP contribution in [0, 0.1) is 6.92 Å². The van der Waals surface area contributed by atoms with Gasteiger partial charge in [-0.1, -0.05) is 12.1 Å². The van der Waals surface area contributed by atoms with Gasteiger partial charge >= 0.3 is 6.18 Å². The molecule has 0 aliphatic rings. The largest absolute Gasteiger partial charge is 0.457 e. The normalized spacial score (nSPS) is 11.5. The van der Waals surface area contributed by atoms with Gasteiger partial charge in [0.05, 0.1) is 16.6 Å². The van der Waals surface area contributed by atoms with Crippen molar-refractivity contribution in [1.82, 2.24) is 29.5 Å². The molecular weight excluding hydrogens is 673 g/mol. The summed E-state index contributed by atoms with van der Waals surface area (Å²) in [7, 11) is 0. The fourth-order valence-electron chi connectivity index (χ4n) is 5.59. The molecule has 0 bridgehead atoms. The third-order valence-electron chi connectivity index (χ3n) is 7.87. The Balaban J connectivity index is 1.10. The van der Waals surface area contributed by atoms with Crippen molar-refractivity contribution in [3.05, 3.63) is 145 Å². The average Bonchev–Trinajstić information content (AvgIpc) is 3.45. The van der Waals surface area contributed by atoms with Crippen molar-refractivity contribution >= 4 is 21.8 Å². The van der Waals surface area contributed by atoms with Gasteiger partial charge in [-0.25, -0.2) is 24.9 Å². The molecule has 0 unspecified atom stereocenters. The van der Waals surface area contributed by atoms with Crippen LogP contribution < -0.4 is 18.9 Å². The number of aromatic nitrogens is 6. The second-order valence-corrected chi connectivity index (χ2v) is 11.5. The number of rotatable bonds is 9. The third kappa shape index (κ3) is 6.87. The van der Waals surface area contributed by atoms with Crippen molar-refractivity contribution < 1.29 is 32.1 Å². The van der Waals surface area contributed by atoms with Gasteiger partial charge in [-0.05, 0) is 73.2 Å². The van der Waals surface area contributed by atoms with E-state index in [0.29, 0.717) is 40.6 Å². The van der Waals surface area contributed by atoms with Crippen molar-refractivity contribution in [1.29, 1.82) is 0 Å². The Kier molecular flexibility index (Phi) is 8.27. The van der Waals surface area contributed by atoms with Crippen LogP contribution in [-0.2, 0) is 6.18 Å². The van der Waals surface area contributed by atoms with E-state index in [0.717, 1.165) is 45.7 Å². The van der Waals surface area contributed by atoms with E-state index in [1.165, 1.54) is 12.7 Å². The zero-order chi connectivity index (χ0) is 35.7. The summed E-state index contributed by atoms with van der Waals surface area (Å²) >= 11 is 0. The Morgan fingerprint density at radius 3 is 1.56 bits per heavy atom. The fraction of sp³-hybridized carbons (Fsp3) is 0.0513. The highest BCUT2D eigenvalue weighted by Gasteiger charge is 2.31. The molecule has 0 aliphatic carbocycles. The minimum atomic E-state index is -4.52. The molecule has 4 heterocycles. The number of hydrogen-bond acceptors (Lipinski definition) is 9. The van der Waals surface area contributed by atoms with Gasteiger partial charge in [-0.2, -0.15) is 13.2 Å². The number of pyridine rings is 2. The minimum Gasteiger partial charge on any atom is -0.457 e. The number of halogens is 3. The molecule has 0 saturated carbocycles. The van der Waals surface area contributed by atoms with Crippen LogP contribution in [0.25, 0.3) is 27.8 Å². The highest BCUT2D eigenvalue weighted by molar-refractivity contribution is 6.09. The van der Waals surface area contributed by atoms with Gasteiger partial charge in [0, 0.05) is 59.6 Å². The summed E-state index contributed by atoms with van der Waals surface area (Å²) in [5.74, 6) is 3.51. The quantitative estimate of drug-likeness (QED) is 0.146. The standard InChI is InChI=1S/C39H25F3N6O4/c1-24-12-14-44-36(16-24)51-28-6-2-4-26(18-28)49-30-8-10-32-33-11-9-31(21-35(33)48(34(32)20-30)38-46-22-43-23-47-38)50-27-5-3-7-29(19-27)52-37-17-25(13-15-45-37)39(40,41)42/h2-23H,1H3. The van der Waals surface area contributed by atoms with Crippen LogP contribution in [0.4, 0.5) is 13.2 Å². The van der Waals surface area contributed by atoms with E-state index in [1.54, 1.807) is 36.5 Å². The Bertz CT molecular complexity index is 2560. The van der Waals surface area contributed by atoms with E-state index in [9.17, 15) is 13.2 Å². The van der Waals surface area contributed by atoms with Gasteiger partial charge < -0.3 is 18.9 Å². The molecule has 0 fully saturated rings. The summed E-state index contributed by atoms with van der Waals surface area (Å²) in [6.07, 6.45) is 1.05. The summed E-state index contributed by atoms with van der Waals surface area (Å²) in [6, 6.07) is 30.6. The van der Waals surface area contributed by atoms with Crippen LogP contribution in [0.1, 0.15) is 11.1 Å². The molecule has 256 valence electrons. The number of benzene rings is 4. The lowest BCUT2D eigenvalue weighted by atomic mass is 10.1. The van der Waals surface area contributed by atoms with E-state index >= 15 is 0 Å². The predicted molar refractivity (Wildman–Crippen MR) is 186 cm³/mol. The van der Waals surface area contributed by atoms with Crippen LogP contribution in [-0.4, -0.2) is 29.5 Å². The van der Waals surface area contributed by atoms with Gasteiger partial charge in [-0.15, -0.1) is 0 Å². The molecule has 0 radical (unpaired) electrons. The van der Waals surface area contributed by atoms with E-state index < -0.39 is 11.7 Å². The number of ether oxygens (including phenoxy) is 4. The Morgan fingerprint density at radius 2 is 1.02 bits per heavy atom. The van der Waals surface area contributed by atoms with Crippen molar-refractivity contribution in [3.63, 3.8) is 0 Å². The topological polar surface area (TPSA) is 106 Å². The van der Waals surface area contributed by atoms with Crippen LogP contribution in [0.3, 0.4) is 0 Å². The van der Waals surface area contributed by atoms with Gasteiger partial charge in [0.1, 0.15) is 47.2 Å². The van der Waals surface area contributed by atoms with Gasteiger partial charge in [0.2, 0.25) is 17.7 Å². The maximum atomic E-state index is 13.2. The average molecular weight is 699 g/mol. The maximum absolute atomic E-state index is 13.2. The zero-order valence-corrected chi connectivity index (χ0v) is 27.2. The van der Waals surface area contributed by atoms with E-state index in [-0.39, 0.29) is 11.6 Å². The highest BCUT2D eigenvalue weighted by Crippen LogP contribution is 2.38. The monoisotopic (exact) mass is 698 g/mol.